The van der Waals surface area contributed by atoms with E-state index in [0.29, 0.717) is 0 Å². The zero-order valence-corrected chi connectivity index (χ0v) is 10.3. The summed E-state index contributed by atoms with van der Waals surface area (Å²) in [4.78, 5) is 0. The SMILES string of the molecule is OCC1(NCc2ccc(Br)cc2)CCC1. The molecule has 2 nitrogen and oxygen atoms in total. The fourth-order valence-corrected chi connectivity index (χ4v) is 2.15. The molecule has 15 heavy (non-hydrogen) atoms. The van der Waals surface area contributed by atoms with Gasteiger partial charge in [0.25, 0.3) is 0 Å². The van der Waals surface area contributed by atoms with Crippen LogP contribution in [0.3, 0.4) is 0 Å². The zero-order chi connectivity index (χ0) is 10.7. The molecular weight excluding hydrogens is 254 g/mol. The molecule has 0 unspecified atom stereocenters. The van der Waals surface area contributed by atoms with Crippen LogP contribution in [0.4, 0.5) is 0 Å². The highest BCUT2D eigenvalue weighted by Gasteiger charge is 2.35. The number of nitrogens with one attached hydrogen (secondary N) is 1. The maximum atomic E-state index is 9.29. The summed E-state index contributed by atoms with van der Waals surface area (Å²) in [5.74, 6) is 0. The normalized spacial score (nSPS) is 18.5. The molecule has 0 radical (unpaired) electrons. The number of aliphatic hydroxyl groups excluding tert-OH is 1. The number of aliphatic hydroxyl groups is 1. The lowest BCUT2D eigenvalue weighted by Gasteiger charge is -2.41. The molecule has 0 heterocycles. The van der Waals surface area contributed by atoms with Crippen molar-refractivity contribution < 1.29 is 5.11 Å². The second-order valence-corrected chi connectivity index (χ2v) is 5.19. The molecule has 82 valence electrons. The van der Waals surface area contributed by atoms with Gasteiger partial charge in [0.05, 0.1) is 6.61 Å². The number of benzene rings is 1. The predicted octanol–water partition coefficient (Wildman–Crippen LogP) is 2.45. The summed E-state index contributed by atoms with van der Waals surface area (Å²) < 4.78 is 1.10. The Hall–Kier alpha value is -0.380. The van der Waals surface area contributed by atoms with E-state index in [1.165, 1.54) is 12.0 Å². The molecule has 0 atom stereocenters. The van der Waals surface area contributed by atoms with Crippen molar-refractivity contribution in [2.45, 2.75) is 31.3 Å². The highest BCUT2D eigenvalue weighted by atomic mass is 79.9. The van der Waals surface area contributed by atoms with Gasteiger partial charge in [0.15, 0.2) is 0 Å². The van der Waals surface area contributed by atoms with Crippen molar-refractivity contribution in [1.29, 1.82) is 0 Å². The van der Waals surface area contributed by atoms with Crippen LogP contribution in [0.25, 0.3) is 0 Å². The maximum absolute atomic E-state index is 9.29. The van der Waals surface area contributed by atoms with Gasteiger partial charge in [-0.05, 0) is 37.0 Å². The molecule has 0 bridgehead atoms. The number of halogens is 1. The maximum Gasteiger partial charge on any atom is 0.0613 e. The summed E-state index contributed by atoms with van der Waals surface area (Å²) in [6, 6.07) is 8.29. The minimum absolute atomic E-state index is 0.00702. The Morgan fingerprint density at radius 1 is 1.27 bits per heavy atom. The first kappa shape index (κ1) is 11.1. The summed E-state index contributed by atoms with van der Waals surface area (Å²) in [6.45, 7) is 1.09. The van der Waals surface area contributed by atoms with E-state index in [1.807, 2.05) is 12.1 Å². The second kappa shape index (κ2) is 4.64. The van der Waals surface area contributed by atoms with Crippen LogP contribution in [-0.4, -0.2) is 17.3 Å². The fraction of sp³-hybridized carbons (Fsp3) is 0.500. The lowest BCUT2D eigenvalue weighted by molar-refractivity contribution is 0.0872. The highest BCUT2D eigenvalue weighted by molar-refractivity contribution is 9.10. The quantitative estimate of drug-likeness (QED) is 0.880. The Kier molecular flexibility index (Phi) is 3.44. The number of rotatable bonds is 4. The van der Waals surface area contributed by atoms with Crippen molar-refractivity contribution >= 4 is 15.9 Å². The first-order chi connectivity index (χ1) is 7.24. The van der Waals surface area contributed by atoms with Crippen LogP contribution < -0.4 is 5.32 Å². The van der Waals surface area contributed by atoms with E-state index in [4.69, 9.17) is 0 Å². The average molecular weight is 270 g/mol. The Morgan fingerprint density at radius 3 is 2.40 bits per heavy atom. The van der Waals surface area contributed by atoms with E-state index < -0.39 is 0 Å². The Labute approximate surface area is 98.8 Å². The predicted molar refractivity (Wildman–Crippen MR) is 64.6 cm³/mol. The van der Waals surface area contributed by atoms with E-state index in [1.54, 1.807) is 0 Å². The van der Waals surface area contributed by atoms with Gasteiger partial charge < -0.3 is 10.4 Å². The third-order valence-corrected chi connectivity index (χ3v) is 3.72. The molecule has 0 aliphatic heterocycles. The van der Waals surface area contributed by atoms with Gasteiger partial charge in [-0.1, -0.05) is 28.1 Å². The van der Waals surface area contributed by atoms with Crippen LogP contribution in [0.15, 0.2) is 28.7 Å². The van der Waals surface area contributed by atoms with Crippen LogP contribution >= 0.6 is 15.9 Å². The Balaban J connectivity index is 1.90. The van der Waals surface area contributed by atoms with Gasteiger partial charge in [-0.3, -0.25) is 0 Å². The van der Waals surface area contributed by atoms with E-state index in [9.17, 15) is 5.11 Å². The third kappa shape index (κ3) is 2.60. The zero-order valence-electron chi connectivity index (χ0n) is 8.67. The van der Waals surface area contributed by atoms with Crippen LogP contribution in [-0.2, 0) is 6.54 Å². The summed E-state index contributed by atoms with van der Waals surface area (Å²) in [6.07, 6.45) is 3.42. The minimum Gasteiger partial charge on any atom is -0.394 e. The average Bonchev–Trinajstić information content (AvgIpc) is 2.20. The molecular formula is C12H16BrNO. The van der Waals surface area contributed by atoms with Gasteiger partial charge >= 0.3 is 0 Å². The van der Waals surface area contributed by atoms with Gasteiger partial charge in [-0.2, -0.15) is 0 Å². The van der Waals surface area contributed by atoms with Crippen LogP contribution in [0, 0.1) is 0 Å². The van der Waals surface area contributed by atoms with Crippen molar-refractivity contribution in [3.8, 4) is 0 Å². The van der Waals surface area contributed by atoms with Gasteiger partial charge in [0.1, 0.15) is 0 Å². The van der Waals surface area contributed by atoms with Gasteiger partial charge in [0.2, 0.25) is 0 Å². The van der Waals surface area contributed by atoms with E-state index in [2.05, 4.69) is 33.4 Å². The van der Waals surface area contributed by atoms with Crippen LogP contribution in [0.5, 0.6) is 0 Å². The smallest absolute Gasteiger partial charge is 0.0613 e. The summed E-state index contributed by atoms with van der Waals surface area (Å²) >= 11 is 3.41. The molecule has 1 aromatic rings. The minimum atomic E-state index is 0.00702. The van der Waals surface area contributed by atoms with Crippen molar-refractivity contribution in [3.63, 3.8) is 0 Å². The molecule has 0 spiro atoms. The first-order valence-corrected chi connectivity index (χ1v) is 6.14. The lowest BCUT2D eigenvalue weighted by Crippen LogP contribution is -2.53. The largest absolute Gasteiger partial charge is 0.394 e. The van der Waals surface area contributed by atoms with Crippen LogP contribution in [0.1, 0.15) is 24.8 Å². The number of hydrogen-bond donors (Lipinski definition) is 2. The molecule has 2 N–H and O–H groups in total. The molecule has 3 heteroatoms. The molecule has 1 aliphatic carbocycles. The number of hydrogen-bond acceptors (Lipinski definition) is 2. The summed E-state index contributed by atoms with van der Waals surface area (Å²) in [5.41, 5.74) is 1.27. The van der Waals surface area contributed by atoms with E-state index in [-0.39, 0.29) is 12.1 Å². The molecule has 0 amide bonds. The van der Waals surface area contributed by atoms with Crippen molar-refractivity contribution in [2.75, 3.05) is 6.61 Å². The molecule has 1 aromatic carbocycles. The van der Waals surface area contributed by atoms with Crippen LogP contribution in [0.2, 0.25) is 0 Å². The van der Waals surface area contributed by atoms with Crippen molar-refractivity contribution in [2.24, 2.45) is 0 Å². The standard InChI is InChI=1S/C12H16BrNO/c13-11-4-2-10(3-5-11)8-14-12(9-15)6-1-7-12/h2-5,14-15H,1,6-9H2. The molecule has 0 saturated heterocycles. The third-order valence-electron chi connectivity index (χ3n) is 3.19. The second-order valence-electron chi connectivity index (χ2n) is 4.27. The van der Waals surface area contributed by atoms with Gasteiger partial charge in [0, 0.05) is 16.6 Å². The summed E-state index contributed by atoms with van der Waals surface area (Å²) in [5, 5.41) is 12.7. The molecule has 1 fully saturated rings. The highest BCUT2D eigenvalue weighted by Crippen LogP contribution is 2.31. The monoisotopic (exact) mass is 269 g/mol. The topological polar surface area (TPSA) is 32.3 Å². The first-order valence-electron chi connectivity index (χ1n) is 5.34. The van der Waals surface area contributed by atoms with Gasteiger partial charge in [-0.15, -0.1) is 0 Å². The van der Waals surface area contributed by atoms with Crippen molar-refractivity contribution in [3.05, 3.63) is 34.3 Å². The molecule has 0 aromatic heterocycles. The van der Waals surface area contributed by atoms with Crippen molar-refractivity contribution in [1.82, 2.24) is 5.32 Å². The Morgan fingerprint density at radius 2 is 1.93 bits per heavy atom. The fourth-order valence-electron chi connectivity index (χ4n) is 1.89. The molecule has 2 rings (SSSR count). The summed E-state index contributed by atoms with van der Waals surface area (Å²) in [7, 11) is 0. The van der Waals surface area contributed by atoms with Gasteiger partial charge in [-0.25, -0.2) is 0 Å². The Bertz CT molecular complexity index is 313. The lowest BCUT2D eigenvalue weighted by atomic mass is 9.77. The van der Waals surface area contributed by atoms with E-state index >= 15 is 0 Å². The molecule has 1 saturated carbocycles. The van der Waals surface area contributed by atoms with E-state index in [0.717, 1.165) is 23.9 Å². The molecule has 1 aliphatic rings.